The predicted octanol–water partition coefficient (Wildman–Crippen LogP) is 4.59. The summed E-state index contributed by atoms with van der Waals surface area (Å²) in [6.07, 6.45) is 5.67. The molecule has 2 heterocycles. The van der Waals surface area contributed by atoms with E-state index in [1.54, 1.807) is 13.0 Å². The number of carbonyl (C=O) groups excluding carboxylic acids is 1. The number of nitrogens with one attached hydrogen (secondary N) is 2. The van der Waals surface area contributed by atoms with E-state index in [9.17, 15) is 9.59 Å². The summed E-state index contributed by atoms with van der Waals surface area (Å²) < 4.78 is 5.77. The number of allylic oxidation sites excluding steroid dienone is 1. The summed E-state index contributed by atoms with van der Waals surface area (Å²) in [5.41, 5.74) is 5.10. The van der Waals surface area contributed by atoms with Gasteiger partial charge < -0.3 is 20.1 Å². The molecule has 8 nitrogen and oxygen atoms in total. The summed E-state index contributed by atoms with van der Waals surface area (Å²) in [7, 11) is 0. The fourth-order valence-corrected chi connectivity index (χ4v) is 4.79. The van der Waals surface area contributed by atoms with E-state index in [1.807, 2.05) is 12.1 Å². The Balaban J connectivity index is 1.30. The first kappa shape index (κ1) is 22.4. The number of ether oxygens (including phenoxy) is 1. The molecule has 3 aromatic rings. The Kier molecular flexibility index (Phi) is 6.00. The molecular formula is C25H25ClN4O4. The number of carbonyl (C=O) groups is 2. The van der Waals surface area contributed by atoms with Gasteiger partial charge in [0.05, 0.1) is 22.2 Å². The van der Waals surface area contributed by atoms with Crippen LogP contribution in [0.15, 0.2) is 36.4 Å². The second kappa shape index (κ2) is 9.10. The molecule has 3 N–H and O–H groups in total. The van der Waals surface area contributed by atoms with E-state index in [0.29, 0.717) is 40.7 Å². The van der Waals surface area contributed by atoms with E-state index in [1.165, 1.54) is 5.57 Å². The first-order valence-electron chi connectivity index (χ1n) is 11.4. The standard InChI is InChI=1S/C25H25ClN4O4/c1-13(31)27-18-8-6-15(7-9-18)14-2-4-16(5-3-14)22-20(26)12-21-23(29-22)30-25(28-21)34-19-10-17(11-19)24(32)33/h2-6,12,17-19H,7-11H2,1H3,(H,27,31)(H,32,33)(H,28,29,30). The van der Waals surface area contributed by atoms with Crippen LogP contribution < -0.4 is 10.1 Å². The average molecular weight is 481 g/mol. The molecule has 176 valence electrons. The number of fused-ring (bicyclic) bond motifs is 1. The molecule has 1 saturated carbocycles. The van der Waals surface area contributed by atoms with Crippen LogP contribution in [0, 0.1) is 5.92 Å². The van der Waals surface area contributed by atoms with Crippen LogP contribution in [-0.4, -0.2) is 44.1 Å². The van der Waals surface area contributed by atoms with Crippen molar-refractivity contribution in [3.63, 3.8) is 0 Å². The van der Waals surface area contributed by atoms with Gasteiger partial charge in [-0.25, -0.2) is 4.98 Å². The van der Waals surface area contributed by atoms with Crippen molar-refractivity contribution in [2.45, 2.75) is 51.2 Å². The third-order valence-electron chi connectivity index (χ3n) is 6.47. The lowest BCUT2D eigenvalue weighted by Crippen LogP contribution is -2.38. The van der Waals surface area contributed by atoms with Gasteiger partial charge in [0, 0.05) is 18.5 Å². The lowest BCUT2D eigenvalue weighted by Gasteiger charge is -2.31. The average Bonchev–Trinajstić information content (AvgIpc) is 3.16. The van der Waals surface area contributed by atoms with Crippen molar-refractivity contribution >= 4 is 40.2 Å². The number of imidazole rings is 1. The minimum atomic E-state index is -0.789. The maximum atomic E-state index is 11.3. The van der Waals surface area contributed by atoms with Gasteiger partial charge in [0.15, 0.2) is 5.65 Å². The molecule has 0 aliphatic heterocycles. The van der Waals surface area contributed by atoms with Crippen LogP contribution in [0.1, 0.15) is 44.6 Å². The normalized spacial score (nSPS) is 22.1. The smallest absolute Gasteiger partial charge is 0.306 e. The third-order valence-corrected chi connectivity index (χ3v) is 6.76. The SMILES string of the molecule is CC(=O)NC1CC=C(c2ccc(-c3nc4nc(OC5CC(C(=O)O)C5)[nH]c4cc3Cl)cc2)CC1. The molecule has 0 radical (unpaired) electrons. The predicted molar refractivity (Wildman–Crippen MR) is 129 cm³/mol. The first-order chi connectivity index (χ1) is 16.4. The Bertz CT molecular complexity index is 1280. The van der Waals surface area contributed by atoms with Crippen LogP contribution in [-0.2, 0) is 9.59 Å². The summed E-state index contributed by atoms with van der Waals surface area (Å²) in [4.78, 5) is 34.3. The Labute approximate surface area is 201 Å². The maximum Gasteiger partial charge on any atom is 0.306 e. The van der Waals surface area contributed by atoms with Crippen molar-refractivity contribution in [2.24, 2.45) is 5.92 Å². The number of rotatable bonds is 6. The van der Waals surface area contributed by atoms with Gasteiger partial charge in [-0.3, -0.25) is 9.59 Å². The minimum Gasteiger partial charge on any atom is -0.481 e. The number of benzene rings is 1. The zero-order valence-corrected chi connectivity index (χ0v) is 19.4. The summed E-state index contributed by atoms with van der Waals surface area (Å²) in [6, 6.07) is 10.4. The van der Waals surface area contributed by atoms with Crippen molar-refractivity contribution in [3.05, 3.63) is 47.0 Å². The van der Waals surface area contributed by atoms with E-state index in [-0.39, 0.29) is 24.0 Å². The number of halogens is 1. The molecule has 0 saturated heterocycles. The molecule has 0 bridgehead atoms. The van der Waals surface area contributed by atoms with Crippen molar-refractivity contribution < 1.29 is 19.4 Å². The number of hydrogen-bond acceptors (Lipinski definition) is 5. The van der Waals surface area contributed by atoms with Gasteiger partial charge in [-0.1, -0.05) is 41.9 Å². The van der Waals surface area contributed by atoms with Crippen molar-refractivity contribution in [2.75, 3.05) is 0 Å². The highest BCUT2D eigenvalue weighted by Crippen LogP contribution is 2.34. The van der Waals surface area contributed by atoms with Gasteiger partial charge in [0.2, 0.25) is 5.91 Å². The van der Waals surface area contributed by atoms with E-state index in [4.69, 9.17) is 21.4 Å². The molecule has 1 aromatic carbocycles. The second-order valence-corrected chi connectivity index (χ2v) is 9.36. The van der Waals surface area contributed by atoms with Crippen LogP contribution in [0.3, 0.4) is 0 Å². The summed E-state index contributed by atoms with van der Waals surface area (Å²) in [6.45, 7) is 1.55. The monoisotopic (exact) mass is 480 g/mol. The van der Waals surface area contributed by atoms with Crippen LogP contribution >= 0.6 is 11.6 Å². The fourth-order valence-electron chi connectivity index (χ4n) is 4.53. The summed E-state index contributed by atoms with van der Waals surface area (Å²) in [5, 5.41) is 12.5. The Hall–Kier alpha value is -3.39. The summed E-state index contributed by atoms with van der Waals surface area (Å²) >= 11 is 6.53. The van der Waals surface area contributed by atoms with Gasteiger partial charge in [-0.05, 0) is 49.3 Å². The maximum absolute atomic E-state index is 11.3. The van der Waals surface area contributed by atoms with Gasteiger partial charge >= 0.3 is 5.97 Å². The molecule has 34 heavy (non-hydrogen) atoms. The van der Waals surface area contributed by atoms with Crippen LogP contribution in [0.5, 0.6) is 6.01 Å². The third kappa shape index (κ3) is 4.63. The quantitative estimate of drug-likeness (QED) is 0.475. The van der Waals surface area contributed by atoms with Gasteiger partial charge in [0.1, 0.15) is 6.10 Å². The fraction of sp³-hybridized carbons (Fsp3) is 0.360. The Morgan fingerprint density at radius 1 is 1.18 bits per heavy atom. The minimum absolute atomic E-state index is 0.0120. The van der Waals surface area contributed by atoms with Crippen molar-refractivity contribution in [1.82, 2.24) is 20.3 Å². The van der Waals surface area contributed by atoms with Gasteiger partial charge in [-0.2, -0.15) is 4.98 Å². The van der Waals surface area contributed by atoms with E-state index >= 15 is 0 Å². The lowest BCUT2D eigenvalue weighted by atomic mass is 9.82. The van der Waals surface area contributed by atoms with Gasteiger partial charge in [0.25, 0.3) is 6.01 Å². The van der Waals surface area contributed by atoms with Gasteiger partial charge in [-0.15, -0.1) is 0 Å². The molecular weight excluding hydrogens is 456 g/mol. The number of aromatic nitrogens is 3. The van der Waals surface area contributed by atoms with E-state index in [2.05, 4.69) is 38.5 Å². The van der Waals surface area contributed by atoms with Crippen LogP contribution in [0.2, 0.25) is 5.02 Å². The molecule has 5 rings (SSSR count). The number of aromatic amines is 1. The molecule has 2 aromatic heterocycles. The van der Waals surface area contributed by atoms with Crippen molar-refractivity contribution in [1.29, 1.82) is 0 Å². The molecule has 1 unspecified atom stereocenters. The zero-order chi connectivity index (χ0) is 23.8. The number of aliphatic carboxylic acids is 1. The molecule has 1 atom stereocenters. The number of nitrogens with zero attached hydrogens (tertiary/aromatic N) is 2. The Morgan fingerprint density at radius 2 is 1.91 bits per heavy atom. The first-order valence-corrected chi connectivity index (χ1v) is 11.8. The molecule has 2 aliphatic rings. The molecule has 2 aliphatic carbocycles. The van der Waals surface area contributed by atoms with Crippen molar-refractivity contribution in [3.8, 4) is 17.3 Å². The molecule has 1 fully saturated rings. The highest BCUT2D eigenvalue weighted by Gasteiger charge is 2.36. The van der Waals surface area contributed by atoms with Crippen LogP contribution in [0.25, 0.3) is 28.0 Å². The van der Waals surface area contributed by atoms with E-state index in [0.717, 1.165) is 30.4 Å². The molecule has 9 heteroatoms. The number of carboxylic acid groups (broad SMARTS) is 1. The number of pyridine rings is 1. The number of amides is 1. The second-order valence-electron chi connectivity index (χ2n) is 8.96. The Morgan fingerprint density at radius 3 is 2.56 bits per heavy atom. The number of H-pyrrole nitrogens is 1. The number of hydrogen-bond donors (Lipinski definition) is 3. The lowest BCUT2D eigenvalue weighted by molar-refractivity contribution is -0.148. The molecule has 1 amide bonds. The highest BCUT2D eigenvalue weighted by molar-refractivity contribution is 6.33. The number of carboxylic acids is 1. The van der Waals surface area contributed by atoms with E-state index < -0.39 is 5.97 Å². The molecule has 0 spiro atoms. The topological polar surface area (TPSA) is 117 Å². The summed E-state index contributed by atoms with van der Waals surface area (Å²) in [5.74, 6) is -1.12. The highest BCUT2D eigenvalue weighted by atomic mass is 35.5. The van der Waals surface area contributed by atoms with Crippen LogP contribution in [0.4, 0.5) is 0 Å². The zero-order valence-electron chi connectivity index (χ0n) is 18.7. The largest absolute Gasteiger partial charge is 0.481 e.